The first-order valence-electron chi connectivity index (χ1n) is 7.87. The number of anilines is 2. The van der Waals surface area contributed by atoms with Crippen molar-refractivity contribution in [2.45, 2.75) is 19.3 Å². The zero-order valence-corrected chi connectivity index (χ0v) is 14.1. The highest BCUT2D eigenvalue weighted by molar-refractivity contribution is 6.31. The van der Waals surface area contributed by atoms with E-state index in [9.17, 15) is 14.9 Å². The summed E-state index contributed by atoms with van der Waals surface area (Å²) < 4.78 is 0. The van der Waals surface area contributed by atoms with E-state index in [0.717, 1.165) is 31.7 Å². The van der Waals surface area contributed by atoms with Gasteiger partial charge in [-0.05, 0) is 31.4 Å². The molecule has 0 aliphatic carbocycles. The van der Waals surface area contributed by atoms with E-state index >= 15 is 0 Å². The first kappa shape index (κ1) is 17.1. The molecule has 25 heavy (non-hydrogen) atoms. The molecule has 0 atom stereocenters. The number of carbonyl (C=O) groups is 1. The molecule has 0 unspecified atom stereocenters. The van der Waals surface area contributed by atoms with Gasteiger partial charge < -0.3 is 10.2 Å². The molecule has 1 aromatic heterocycles. The number of halogens is 1. The second-order valence-electron chi connectivity index (χ2n) is 5.68. The van der Waals surface area contributed by atoms with Crippen LogP contribution in [0.3, 0.4) is 0 Å². The molecule has 1 aliphatic heterocycles. The Bertz CT molecular complexity index is 808. The van der Waals surface area contributed by atoms with E-state index in [2.05, 4.69) is 20.2 Å². The van der Waals surface area contributed by atoms with E-state index in [0.29, 0.717) is 0 Å². The number of carbonyl (C=O) groups excluding carboxylic acids is 1. The molecule has 1 saturated heterocycles. The van der Waals surface area contributed by atoms with Gasteiger partial charge in [0.25, 0.3) is 11.6 Å². The van der Waals surface area contributed by atoms with E-state index in [1.54, 1.807) is 6.07 Å². The van der Waals surface area contributed by atoms with Gasteiger partial charge in [-0.25, -0.2) is 9.97 Å². The van der Waals surface area contributed by atoms with E-state index in [-0.39, 0.29) is 22.1 Å². The summed E-state index contributed by atoms with van der Waals surface area (Å²) in [4.78, 5) is 33.3. The number of nitrogens with zero attached hydrogens (tertiary/aromatic N) is 4. The average Bonchev–Trinajstić information content (AvgIpc) is 2.62. The minimum atomic E-state index is -0.641. The Morgan fingerprint density at radius 3 is 2.68 bits per heavy atom. The lowest BCUT2D eigenvalue weighted by atomic mass is 10.1. The van der Waals surface area contributed by atoms with Crippen molar-refractivity contribution in [1.29, 1.82) is 0 Å². The number of amides is 1. The minimum absolute atomic E-state index is 0.115. The van der Waals surface area contributed by atoms with Crippen LogP contribution in [0.4, 0.5) is 17.3 Å². The molecule has 1 amide bonds. The van der Waals surface area contributed by atoms with Crippen molar-refractivity contribution in [3.05, 3.63) is 51.3 Å². The van der Waals surface area contributed by atoms with Gasteiger partial charge in [0.2, 0.25) is 0 Å². The van der Waals surface area contributed by atoms with Crippen molar-refractivity contribution in [2.75, 3.05) is 23.3 Å². The molecule has 0 radical (unpaired) electrons. The smallest absolute Gasteiger partial charge is 0.282 e. The number of aromatic nitrogens is 2. The van der Waals surface area contributed by atoms with Crippen molar-refractivity contribution in [2.24, 2.45) is 0 Å². The molecular formula is C16H16ClN5O3. The number of nitrogens with one attached hydrogen (secondary N) is 1. The lowest BCUT2D eigenvalue weighted by molar-refractivity contribution is -0.385. The third-order valence-electron chi connectivity index (χ3n) is 3.97. The van der Waals surface area contributed by atoms with Gasteiger partial charge in [0.1, 0.15) is 23.5 Å². The lowest BCUT2D eigenvalue weighted by Gasteiger charge is -2.27. The number of benzene rings is 1. The predicted molar refractivity (Wildman–Crippen MR) is 94.2 cm³/mol. The maximum Gasteiger partial charge on any atom is 0.282 e. The molecule has 2 heterocycles. The topological polar surface area (TPSA) is 101 Å². The van der Waals surface area contributed by atoms with Crippen LogP contribution in [0, 0.1) is 10.1 Å². The van der Waals surface area contributed by atoms with E-state index in [4.69, 9.17) is 11.6 Å². The zero-order chi connectivity index (χ0) is 17.8. The number of nitro benzene ring substituents is 1. The van der Waals surface area contributed by atoms with Crippen molar-refractivity contribution in [3.8, 4) is 0 Å². The molecule has 1 aromatic carbocycles. The summed E-state index contributed by atoms with van der Waals surface area (Å²) in [5.74, 6) is 0.373. The van der Waals surface area contributed by atoms with Gasteiger partial charge in [-0.2, -0.15) is 0 Å². The highest BCUT2D eigenvalue weighted by Gasteiger charge is 2.21. The van der Waals surface area contributed by atoms with Crippen LogP contribution in [0.1, 0.15) is 29.6 Å². The minimum Gasteiger partial charge on any atom is -0.356 e. The SMILES string of the molecule is O=C(Nc1cc(N2CCCCC2)ncn1)c1cc(Cl)ccc1[N+](=O)[O-]. The predicted octanol–water partition coefficient (Wildman–Crippen LogP) is 3.28. The fraction of sp³-hybridized carbons (Fsp3) is 0.312. The Morgan fingerprint density at radius 1 is 1.20 bits per heavy atom. The van der Waals surface area contributed by atoms with Gasteiger partial charge >= 0.3 is 0 Å². The molecule has 1 N–H and O–H groups in total. The third-order valence-corrected chi connectivity index (χ3v) is 4.21. The summed E-state index contributed by atoms with van der Waals surface area (Å²) in [7, 11) is 0. The third kappa shape index (κ3) is 4.03. The number of hydrogen-bond acceptors (Lipinski definition) is 6. The van der Waals surface area contributed by atoms with Crippen LogP contribution in [0.5, 0.6) is 0 Å². The normalized spacial score (nSPS) is 14.2. The summed E-state index contributed by atoms with van der Waals surface area (Å²) >= 11 is 5.86. The largest absolute Gasteiger partial charge is 0.356 e. The molecule has 130 valence electrons. The van der Waals surface area contributed by atoms with E-state index in [1.165, 1.54) is 30.9 Å². The molecular weight excluding hydrogens is 346 g/mol. The number of hydrogen-bond donors (Lipinski definition) is 1. The van der Waals surface area contributed by atoms with Crippen LogP contribution >= 0.6 is 11.6 Å². The van der Waals surface area contributed by atoms with Gasteiger partial charge in [-0.3, -0.25) is 14.9 Å². The Balaban J connectivity index is 1.82. The van der Waals surface area contributed by atoms with Crippen LogP contribution in [0.15, 0.2) is 30.6 Å². The van der Waals surface area contributed by atoms with Crippen LogP contribution in [-0.2, 0) is 0 Å². The van der Waals surface area contributed by atoms with Crippen LogP contribution in [0.2, 0.25) is 5.02 Å². The quantitative estimate of drug-likeness (QED) is 0.662. The fourth-order valence-electron chi connectivity index (χ4n) is 2.74. The monoisotopic (exact) mass is 361 g/mol. The Hall–Kier alpha value is -2.74. The molecule has 1 fully saturated rings. The number of piperidine rings is 1. The Morgan fingerprint density at radius 2 is 1.96 bits per heavy atom. The van der Waals surface area contributed by atoms with Crippen LogP contribution in [0.25, 0.3) is 0 Å². The van der Waals surface area contributed by atoms with Gasteiger partial charge in [-0.15, -0.1) is 0 Å². The highest BCUT2D eigenvalue weighted by Crippen LogP contribution is 2.24. The summed E-state index contributed by atoms with van der Waals surface area (Å²) in [5.41, 5.74) is -0.428. The molecule has 0 spiro atoms. The maximum absolute atomic E-state index is 12.4. The Kier molecular flexibility index (Phi) is 5.08. The summed E-state index contributed by atoms with van der Waals surface area (Å²) in [6, 6.07) is 5.51. The average molecular weight is 362 g/mol. The zero-order valence-electron chi connectivity index (χ0n) is 13.3. The molecule has 3 rings (SSSR count). The first-order chi connectivity index (χ1) is 12.0. The van der Waals surface area contributed by atoms with Crippen molar-refractivity contribution < 1.29 is 9.72 Å². The Labute approximate surface area is 149 Å². The van der Waals surface area contributed by atoms with E-state index < -0.39 is 10.8 Å². The molecule has 8 nitrogen and oxygen atoms in total. The van der Waals surface area contributed by atoms with Gasteiger partial charge in [-0.1, -0.05) is 11.6 Å². The van der Waals surface area contributed by atoms with Gasteiger partial charge in [0, 0.05) is 30.2 Å². The van der Waals surface area contributed by atoms with E-state index in [1.807, 2.05) is 0 Å². The van der Waals surface area contributed by atoms with Crippen LogP contribution in [-0.4, -0.2) is 33.9 Å². The van der Waals surface area contributed by atoms with Crippen molar-refractivity contribution in [3.63, 3.8) is 0 Å². The standard InChI is InChI=1S/C16H16ClN5O3/c17-11-4-5-13(22(24)25)12(8-11)16(23)20-14-9-15(19-10-18-14)21-6-2-1-3-7-21/h4-5,8-10H,1-3,6-7H2,(H,18,19,20,23). The summed E-state index contributed by atoms with van der Waals surface area (Å²) in [6.45, 7) is 1.81. The highest BCUT2D eigenvalue weighted by atomic mass is 35.5. The summed E-state index contributed by atoms with van der Waals surface area (Å²) in [5, 5.41) is 13.9. The van der Waals surface area contributed by atoms with Crippen molar-refractivity contribution in [1.82, 2.24) is 9.97 Å². The molecule has 1 aliphatic rings. The lowest BCUT2D eigenvalue weighted by Crippen LogP contribution is -2.30. The second-order valence-corrected chi connectivity index (χ2v) is 6.12. The molecule has 9 heteroatoms. The van der Waals surface area contributed by atoms with Crippen molar-refractivity contribution >= 4 is 34.8 Å². The maximum atomic E-state index is 12.4. The van der Waals surface area contributed by atoms with Crippen LogP contribution < -0.4 is 10.2 Å². The second kappa shape index (κ2) is 7.43. The fourth-order valence-corrected chi connectivity index (χ4v) is 2.92. The number of nitro groups is 1. The molecule has 2 aromatic rings. The molecule has 0 saturated carbocycles. The van der Waals surface area contributed by atoms with Gasteiger partial charge in [0.05, 0.1) is 4.92 Å². The number of rotatable bonds is 4. The molecule has 0 bridgehead atoms. The summed E-state index contributed by atoms with van der Waals surface area (Å²) in [6.07, 6.45) is 4.76. The first-order valence-corrected chi connectivity index (χ1v) is 8.24. The van der Waals surface area contributed by atoms with Gasteiger partial charge in [0.15, 0.2) is 0 Å².